The molecule has 0 aromatic carbocycles. The molecule has 1 saturated heterocycles. The van der Waals surface area contributed by atoms with Gasteiger partial charge in [-0.05, 0) is 75.2 Å². The van der Waals surface area contributed by atoms with Gasteiger partial charge in [-0.2, -0.15) is 0 Å². The predicted octanol–water partition coefficient (Wildman–Crippen LogP) is 2.95. The SMILES string of the molecule is CNC1CCCN(C23CC4CC(C)(CC(C)(C4)C2)C3)C1=O. The summed E-state index contributed by atoms with van der Waals surface area (Å²) < 4.78 is 0. The van der Waals surface area contributed by atoms with E-state index in [9.17, 15) is 4.79 Å². The Morgan fingerprint density at radius 1 is 1.10 bits per heavy atom. The first kappa shape index (κ1) is 14.0. The highest BCUT2D eigenvalue weighted by Crippen LogP contribution is 2.67. The number of likely N-dealkylation sites (N-methyl/N-ethyl adjacent to an activating group) is 1. The van der Waals surface area contributed by atoms with Gasteiger partial charge in [-0.3, -0.25) is 4.79 Å². The average Bonchev–Trinajstić information content (AvgIpc) is 2.34. The van der Waals surface area contributed by atoms with Crippen LogP contribution < -0.4 is 5.32 Å². The molecule has 3 unspecified atom stereocenters. The Kier molecular flexibility index (Phi) is 2.84. The standard InChI is InChI=1S/C18H30N2O/c1-16-7-13-8-17(2,10-16)12-18(9-13,11-16)20-6-4-5-14(19-3)15(20)21/h13-14,19H,4-12H2,1-3H3. The highest BCUT2D eigenvalue weighted by atomic mass is 16.2. The Balaban J connectivity index is 1.69. The third-order valence-electron chi connectivity index (χ3n) is 6.96. The lowest BCUT2D eigenvalue weighted by atomic mass is 9.42. The number of carbonyl (C=O) groups excluding carboxylic acids is 1. The van der Waals surface area contributed by atoms with E-state index in [1.807, 2.05) is 7.05 Å². The zero-order valence-electron chi connectivity index (χ0n) is 13.9. The van der Waals surface area contributed by atoms with Crippen molar-refractivity contribution in [1.29, 1.82) is 0 Å². The monoisotopic (exact) mass is 290 g/mol. The molecule has 5 fully saturated rings. The van der Waals surface area contributed by atoms with E-state index in [-0.39, 0.29) is 11.6 Å². The number of hydrogen-bond acceptors (Lipinski definition) is 2. The molecule has 1 N–H and O–H groups in total. The average molecular weight is 290 g/mol. The van der Waals surface area contributed by atoms with Crippen molar-refractivity contribution in [1.82, 2.24) is 10.2 Å². The Bertz CT molecular complexity index is 456. The number of rotatable bonds is 2. The molecule has 5 aliphatic rings. The number of nitrogens with zero attached hydrogens (tertiary/aromatic N) is 1. The van der Waals surface area contributed by atoms with Crippen LogP contribution in [-0.4, -0.2) is 36.0 Å². The molecule has 1 aliphatic heterocycles. The van der Waals surface area contributed by atoms with Crippen molar-refractivity contribution in [3.05, 3.63) is 0 Å². The second kappa shape index (κ2) is 4.24. The van der Waals surface area contributed by atoms with Crippen molar-refractivity contribution in [3.63, 3.8) is 0 Å². The van der Waals surface area contributed by atoms with Gasteiger partial charge in [-0.15, -0.1) is 0 Å². The molecule has 0 spiro atoms. The van der Waals surface area contributed by atoms with Crippen LogP contribution in [0, 0.1) is 16.7 Å². The van der Waals surface area contributed by atoms with E-state index in [1.165, 1.54) is 38.5 Å². The fraction of sp³-hybridized carbons (Fsp3) is 0.944. The first-order valence-corrected chi connectivity index (χ1v) is 8.86. The number of piperidine rings is 1. The maximum absolute atomic E-state index is 12.9. The van der Waals surface area contributed by atoms with E-state index < -0.39 is 0 Å². The van der Waals surface area contributed by atoms with E-state index >= 15 is 0 Å². The number of hydrogen-bond donors (Lipinski definition) is 1. The van der Waals surface area contributed by atoms with Gasteiger partial charge in [0.25, 0.3) is 0 Å². The Morgan fingerprint density at radius 3 is 2.33 bits per heavy atom. The first-order chi connectivity index (χ1) is 9.87. The van der Waals surface area contributed by atoms with Gasteiger partial charge in [0.1, 0.15) is 0 Å². The van der Waals surface area contributed by atoms with Crippen LogP contribution in [0.15, 0.2) is 0 Å². The van der Waals surface area contributed by atoms with Crippen LogP contribution in [0.4, 0.5) is 0 Å². The quantitative estimate of drug-likeness (QED) is 0.848. The largest absolute Gasteiger partial charge is 0.336 e. The fourth-order valence-corrected chi connectivity index (χ4v) is 7.30. The molecule has 3 heteroatoms. The smallest absolute Gasteiger partial charge is 0.240 e. The van der Waals surface area contributed by atoms with Gasteiger partial charge >= 0.3 is 0 Å². The second-order valence-electron chi connectivity index (χ2n) is 9.33. The zero-order valence-corrected chi connectivity index (χ0v) is 13.9. The summed E-state index contributed by atoms with van der Waals surface area (Å²) in [5.74, 6) is 1.25. The summed E-state index contributed by atoms with van der Waals surface area (Å²) >= 11 is 0. The lowest BCUT2D eigenvalue weighted by Crippen LogP contribution is -2.69. The predicted molar refractivity (Wildman–Crippen MR) is 83.9 cm³/mol. The maximum atomic E-state index is 12.9. The minimum Gasteiger partial charge on any atom is -0.336 e. The molecule has 0 radical (unpaired) electrons. The lowest BCUT2D eigenvalue weighted by molar-refractivity contribution is -0.180. The van der Waals surface area contributed by atoms with Gasteiger partial charge in [0, 0.05) is 12.1 Å². The highest BCUT2D eigenvalue weighted by molar-refractivity contribution is 5.83. The van der Waals surface area contributed by atoms with Crippen LogP contribution in [0.2, 0.25) is 0 Å². The minimum absolute atomic E-state index is 0.0624. The summed E-state index contributed by atoms with van der Waals surface area (Å²) in [6, 6.07) is 0.0624. The van der Waals surface area contributed by atoms with Crippen molar-refractivity contribution >= 4 is 5.91 Å². The number of likely N-dealkylation sites (tertiary alicyclic amines) is 1. The van der Waals surface area contributed by atoms with Gasteiger partial charge in [0.15, 0.2) is 0 Å². The van der Waals surface area contributed by atoms with Gasteiger partial charge in [0.05, 0.1) is 6.04 Å². The van der Waals surface area contributed by atoms with Gasteiger partial charge in [0.2, 0.25) is 5.91 Å². The molecule has 4 saturated carbocycles. The molecule has 0 aromatic heterocycles. The van der Waals surface area contributed by atoms with Crippen molar-refractivity contribution in [2.75, 3.05) is 13.6 Å². The Hall–Kier alpha value is -0.570. The number of carbonyl (C=O) groups is 1. The van der Waals surface area contributed by atoms with Gasteiger partial charge in [-0.1, -0.05) is 13.8 Å². The van der Waals surface area contributed by atoms with E-state index in [2.05, 4.69) is 24.1 Å². The summed E-state index contributed by atoms with van der Waals surface area (Å²) in [5.41, 5.74) is 1.16. The molecule has 21 heavy (non-hydrogen) atoms. The van der Waals surface area contributed by atoms with Crippen LogP contribution >= 0.6 is 0 Å². The molecule has 1 amide bonds. The first-order valence-electron chi connectivity index (χ1n) is 8.86. The summed E-state index contributed by atoms with van der Waals surface area (Å²) in [6.07, 6.45) is 10.2. The molecule has 1 heterocycles. The van der Waals surface area contributed by atoms with Crippen molar-refractivity contribution in [3.8, 4) is 0 Å². The molecule has 118 valence electrons. The summed E-state index contributed by atoms with van der Waals surface area (Å²) in [5, 5.41) is 3.24. The number of amides is 1. The summed E-state index contributed by atoms with van der Waals surface area (Å²) in [7, 11) is 1.94. The van der Waals surface area contributed by atoms with Gasteiger partial charge < -0.3 is 10.2 Å². The highest BCUT2D eigenvalue weighted by Gasteiger charge is 2.62. The normalized spacial score (nSPS) is 52.5. The van der Waals surface area contributed by atoms with Crippen molar-refractivity contribution < 1.29 is 4.79 Å². The van der Waals surface area contributed by atoms with Crippen molar-refractivity contribution in [2.45, 2.75) is 76.8 Å². The van der Waals surface area contributed by atoms with Crippen molar-refractivity contribution in [2.24, 2.45) is 16.7 Å². The van der Waals surface area contributed by atoms with E-state index in [1.54, 1.807) is 0 Å². The van der Waals surface area contributed by atoms with E-state index in [0.29, 0.717) is 16.7 Å². The van der Waals surface area contributed by atoms with Crippen LogP contribution in [0.3, 0.4) is 0 Å². The van der Waals surface area contributed by atoms with Crippen LogP contribution in [0.5, 0.6) is 0 Å². The van der Waals surface area contributed by atoms with E-state index in [0.717, 1.165) is 25.3 Å². The summed E-state index contributed by atoms with van der Waals surface area (Å²) in [4.78, 5) is 15.3. The second-order valence-corrected chi connectivity index (χ2v) is 9.33. The van der Waals surface area contributed by atoms with E-state index in [4.69, 9.17) is 0 Å². The summed E-state index contributed by atoms with van der Waals surface area (Å²) in [6.45, 7) is 5.98. The topological polar surface area (TPSA) is 32.3 Å². The molecule has 4 bridgehead atoms. The van der Waals surface area contributed by atoms with Gasteiger partial charge in [-0.25, -0.2) is 0 Å². The molecule has 3 atom stereocenters. The number of nitrogens with one attached hydrogen (secondary N) is 1. The molecule has 5 rings (SSSR count). The van der Waals surface area contributed by atoms with Crippen LogP contribution in [0.1, 0.15) is 65.2 Å². The van der Waals surface area contributed by atoms with Crippen LogP contribution in [0.25, 0.3) is 0 Å². The minimum atomic E-state index is 0.0624. The molecular formula is C18H30N2O. The third kappa shape index (κ3) is 1.99. The Morgan fingerprint density at radius 2 is 1.76 bits per heavy atom. The maximum Gasteiger partial charge on any atom is 0.240 e. The van der Waals surface area contributed by atoms with Crippen LogP contribution in [-0.2, 0) is 4.79 Å². The fourth-order valence-electron chi connectivity index (χ4n) is 7.30. The lowest BCUT2D eigenvalue weighted by Gasteiger charge is -2.68. The molecular weight excluding hydrogens is 260 g/mol. The Labute approximate surface area is 128 Å². The molecule has 3 nitrogen and oxygen atoms in total. The zero-order chi connectivity index (χ0) is 14.9. The molecule has 0 aromatic rings. The third-order valence-corrected chi connectivity index (χ3v) is 6.96. The molecule has 4 aliphatic carbocycles.